The molecule has 2 aliphatic heterocycles. The lowest BCUT2D eigenvalue weighted by Gasteiger charge is -2.26. The summed E-state index contributed by atoms with van der Waals surface area (Å²) in [6, 6.07) is 4.81. The summed E-state index contributed by atoms with van der Waals surface area (Å²) in [6.07, 6.45) is 3.41. The van der Waals surface area contributed by atoms with Gasteiger partial charge in [-0.3, -0.25) is 4.31 Å². The van der Waals surface area contributed by atoms with Gasteiger partial charge < -0.3 is 0 Å². The summed E-state index contributed by atoms with van der Waals surface area (Å²) < 4.78 is 52.5. The Hall–Kier alpha value is -1.12. The summed E-state index contributed by atoms with van der Waals surface area (Å²) in [7, 11) is -6.78. The maximum absolute atomic E-state index is 12.7. The fourth-order valence-corrected chi connectivity index (χ4v) is 5.93. The number of hydrogen-bond acceptors (Lipinski definition) is 4. The highest BCUT2D eigenvalue weighted by Gasteiger charge is 2.31. The van der Waals surface area contributed by atoms with E-state index in [9.17, 15) is 16.8 Å². The van der Waals surface area contributed by atoms with Gasteiger partial charge in [0.05, 0.1) is 16.3 Å². The molecule has 0 aromatic heterocycles. The number of benzene rings is 1. The molecular formula is C15H22N2O4S2. The van der Waals surface area contributed by atoms with Crippen LogP contribution in [0.1, 0.15) is 31.7 Å². The molecule has 1 aromatic carbocycles. The van der Waals surface area contributed by atoms with Gasteiger partial charge in [-0.25, -0.2) is 16.8 Å². The largest absolute Gasteiger partial charge is 0.270 e. The first-order chi connectivity index (χ1) is 10.9. The van der Waals surface area contributed by atoms with Gasteiger partial charge in [0.1, 0.15) is 0 Å². The van der Waals surface area contributed by atoms with Crippen LogP contribution in [-0.4, -0.2) is 46.5 Å². The molecule has 0 atom stereocenters. The maximum Gasteiger partial charge on any atom is 0.243 e. The lowest BCUT2D eigenvalue weighted by Crippen LogP contribution is -2.35. The minimum absolute atomic E-state index is 0.0419. The molecule has 0 amide bonds. The molecular weight excluding hydrogens is 336 g/mol. The van der Waals surface area contributed by atoms with Crippen molar-refractivity contribution in [3.63, 3.8) is 0 Å². The maximum atomic E-state index is 12.7. The van der Waals surface area contributed by atoms with Crippen molar-refractivity contribution in [2.45, 2.75) is 37.5 Å². The van der Waals surface area contributed by atoms with Crippen LogP contribution in [0.25, 0.3) is 0 Å². The first-order valence-electron chi connectivity index (χ1n) is 8.00. The van der Waals surface area contributed by atoms with Crippen LogP contribution in [0.2, 0.25) is 0 Å². The van der Waals surface area contributed by atoms with Crippen LogP contribution in [0.15, 0.2) is 23.1 Å². The normalized spacial score (nSPS) is 19.8. The molecule has 2 aliphatic rings. The fourth-order valence-electron chi connectivity index (χ4n) is 3.21. The highest BCUT2D eigenvalue weighted by atomic mass is 32.2. The Morgan fingerprint density at radius 2 is 1.70 bits per heavy atom. The Bertz CT molecular complexity index is 797. The van der Waals surface area contributed by atoms with Gasteiger partial charge >= 0.3 is 0 Å². The molecule has 128 valence electrons. The number of hydrogen-bond donors (Lipinski definition) is 0. The quantitative estimate of drug-likeness (QED) is 0.819. The summed E-state index contributed by atoms with van der Waals surface area (Å²) >= 11 is 0. The van der Waals surface area contributed by atoms with Crippen molar-refractivity contribution in [1.29, 1.82) is 0 Å². The summed E-state index contributed by atoms with van der Waals surface area (Å²) in [6.45, 7) is 3.13. The van der Waals surface area contributed by atoms with Crippen LogP contribution < -0.4 is 4.31 Å². The van der Waals surface area contributed by atoms with Crippen LogP contribution in [0, 0.1) is 0 Å². The Morgan fingerprint density at radius 1 is 1.00 bits per heavy atom. The number of anilines is 1. The van der Waals surface area contributed by atoms with E-state index in [4.69, 9.17) is 0 Å². The van der Waals surface area contributed by atoms with Crippen molar-refractivity contribution in [3.8, 4) is 0 Å². The third kappa shape index (κ3) is 2.99. The van der Waals surface area contributed by atoms with Crippen molar-refractivity contribution in [3.05, 3.63) is 23.8 Å². The number of rotatable bonds is 4. The zero-order valence-electron chi connectivity index (χ0n) is 13.2. The molecule has 0 saturated carbocycles. The van der Waals surface area contributed by atoms with Crippen molar-refractivity contribution in [2.75, 3.05) is 29.7 Å². The van der Waals surface area contributed by atoms with Crippen LogP contribution >= 0.6 is 0 Å². The van der Waals surface area contributed by atoms with Crippen molar-refractivity contribution >= 4 is 25.7 Å². The van der Waals surface area contributed by atoms with E-state index in [1.807, 2.05) is 0 Å². The van der Waals surface area contributed by atoms with E-state index in [1.165, 1.54) is 14.7 Å². The molecule has 0 bridgehead atoms. The molecule has 1 aromatic rings. The van der Waals surface area contributed by atoms with Gasteiger partial charge in [-0.1, -0.05) is 6.42 Å². The van der Waals surface area contributed by atoms with Gasteiger partial charge in [0, 0.05) is 19.6 Å². The Morgan fingerprint density at radius 3 is 2.35 bits per heavy atom. The molecule has 3 rings (SSSR count). The molecule has 1 fully saturated rings. The van der Waals surface area contributed by atoms with Gasteiger partial charge in [0.25, 0.3) is 0 Å². The Labute approximate surface area is 138 Å². The topological polar surface area (TPSA) is 74.8 Å². The van der Waals surface area contributed by atoms with Crippen LogP contribution in [0.3, 0.4) is 0 Å². The summed E-state index contributed by atoms with van der Waals surface area (Å²) in [4.78, 5) is 0.272. The molecule has 0 aliphatic carbocycles. The van der Waals surface area contributed by atoms with E-state index in [2.05, 4.69) is 0 Å². The predicted molar refractivity (Wildman–Crippen MR) is 89.6 cm³/mol. The average Bonchev–Trinajstić information content (AvgIpc) is 2.99. The molecule has 0 radical (unpaired) electrons. The monoisotopic (exact) mass is 358 g/mol. The molecule has 6 nitrogen and oxygen atoms in total. The van der Waals surface area contributed by atoms with Crippen LogP contribution in [0.4, 0.5) is 5.69 Å². The molecule has 2 heterocycles. The van der Waals surface area contributed by atoms with E-state index in [0.29, 0.717) is 31.7 Å². The second kappa shape index (κ2) is 6.07. The SMILES string of the molecule is CCS(=O)(=O)N1CCc2cc(S(=O)(=O)N3CCCCC3)ccc21. The van der Waals surface area contributed by atoms with Gasteiger partial charge in [-0.2, -0.15) is 4.31 Å². The average molecular weight is 358 g/mol. The first-order valence-corrected chi connectivity index (χ1v) is 11.0. The van der Waals surface area contributed by atoms with Crippen molar-refractivity contribution in [1.82, 2.24) is 4.31 Å². The minimum atomic E-state index is -3.48. The smallest absolute Gasteiger partial charge is 0.243 e. The molecule has 8 heteroatoms. The summed E-state index contributed by atoms with van der Waals surface area (Å²) in [5.41, 5.74) is 1.41. The van der Waals surface area contributed by atoms with Crippen molar-refractivity contribution in [2.24, 2.45) is 0 Å². The molecule has 0 spiro atoms. The molecule has 0 unspecified atom stereocenters. The number of fused-ring (bicyclic) bond motifs is 1. The number of nitrogens with zero attached hydrogens (tertiary/aromatic N) is 2. The van der Waals surface area contributed by atoms with E-state index < -0.39 is 20.0 Å². The third-order valence-corrected chi connectivity index (χ3v) is 8.23. The van der Waals surface area contributed by atoms with E-state index >= 15 is 0 Å². The van der Waals surface area contributed by atoms with Gasteiger partial charge in [0.15, 0.2) is 0 Å². The van der Waals surface area contributed by atoms with Crippen molar-refractivity contribution < 1.29 is 16.8 Å². The van der Waals surface area contributed by atoms with E-state index in [1.54, 1.807) is 19.1 Å². The molecule has 23 heavy (non-hydrogen) atoms. The van der Waals surface area contributed by atoms with Crippen LogP contribution in [-0.2, 0) is 26.5 Å². The minimum Gasteiger partial charge on any atom is -0.270 e. The molecule has 1 saturated heterocycles. The number of piperidine rings is 1. The Kier molecular flexibility index (Phi) is 4.41. The second-order valence-electron chi connectivity index (χ2n) is 5.98. The molecule has 0 N–H and O–H groups in total. The van der Waals surface area contributed by atoms with Gasteiger partial charge in [-0.05, 0) is 49.9 Å². The summed E-state index contributed by atoms with van der Waals surface area (Å²) in [5.74, 6) is 0.0419. The third-order valence-electron chi connectivity index (χ3n) is 4.56. The first kappa shape index (κ1) is 16.7. The lowest BCUT2D eigenvalue weighted by molar-refractivity contribution is 0.346. The standard InChI is InChI=1S/C15H22N2O4S2/c1-2-22(18,19)17-11-8-13-12-14(6-7-15(13)17)23(20,21)16-9-4-3-5-10-16/h6-7,12H,2-5,8-11H2,1H3. The predicted octanol–water partition coefficient (Wildman–Crippen LogP) is 1.57. The zero-order chi connectivity index (χ0) is 16.7. The lowest BCUT2D eigenvalue weighted by atomic mass is 10.2. The fraction of sp³-hybridized carbons (Fsp3) is 0.600. The van der Waals surface area contributed by atoms with E-state index in [-0.39, 0.29) is 10.6 Å². The van der Waals surface area contributed by atoms with Gasteiger partial charge in [-0.15, -0.1) is 0 Å². The Balaban J connectivity index is 1.94. The van der Waals surface area contributed by atoms with Gasteiger partial charge in [0.2, 0.25) is 20.0 Å². The van der Waals surface area contributed by atoms with E-state index in [0.717, 1.165) is 24.8 Å². The highest BCUT2D eigenvalue weighted by Crippen LogP contribution is 2.33. The number of sulfonamides is 2. The zero-order valence-corrected chi connectivity index (χ0v) is 14.9. The second-order valence-corrected chi connectivity index (χ2v) is 10.1. The summed E-state index contributed by atoms with van der Waals surface area (Å²) in [5, 5.41) is 0. The van der Waals surface area contributed by atoms with Crippen LogP contribution in [0.5, 0.6) is 0 Å². The highest BCUT2D eigenvalue weighted by molar-refractivity contribution is 7.92.